The van der Waals surface area contributed by atoms with Crippen LogP contribution in [0.15, 0.2) is 33.5 Å². The molecule has 0 aliphatic carbocycles. The molecular weight excluding hydrogens is 384 g/mol. The molecular formula is C20H16O9. The molecule has 9 nitrogen and oxygen atoms in total. The van der Waals surface area contributed by atoms with Gasteiger partial charge in [0.2, 0.25) is 0 Å². The molecule has 0 bridgehead atoms. The van der Waals surface area contributed by atoms with Gasteiger partial charge in [0.1, 0.15) is 22.5 Å². The molecule has 0 saturated carbocycles. The van der Waals surface area contributed by atoms with Crippen LogP contribution in [-0.2, 0) is 14.4 Å². The van der Waals surface area contributed by atoms with Gasteiger partial charge in [-0.15, -0.1) is 0 Å². The van der Waals surface area contributed by atoms with E-state index in [0.29, 0.717) is 10.8 Å². The van der Waals surface area contributed by atoms with Crippen LogP contribution in [0.4, 0.5) is 0 Å². The van der Waals surface area contributed by atoms with E-state index in [1.54, 1.807) is 0 Å². The zero-order valence-corrected chi connectivity index (χ0v) is 16.0. The molecule has 0 aliphatic rings. The summed E-state index contributed by atoms with van der Waals surface area (Å²) >= 11 is 0. The minimum atomic E-state index is -0.794. The van der Waals surface area contributed by atoms with Crippen molar-refractivity contribution in [3.63, 3.8) is 0 Å². The van der Waals surface area contributed by atoms with Crippen molar-refractivity contribution < 1.29 is 37.7 Å². The maximum Gasteiger partial charge on any atom is 0.348 e. The summed E-state index contributed by atoms with van der Waals surface area (Å²) in [6.45, 7) is 3.60. The van der Waals surface area contributed by atoms with E-state index in [0.717, 1.165) is 0 Å². The number of hydrogen-bond acceptors (Lipinski definition) is 9. The minimum Gasteiger partial charge on any atom is -0.493 e. The van der Waals surface area contributed by atoms with Crippen LogP contribution in [0.2, 0.25) is 0 Å². The first kappa shape index (κ1) is 19.9. The Kier molecular flexibility index (Phi) is 5.22. The third-order valence-electron chi connectivity index (χ3n) is 3.81. The fraction of sp³-hybridized carbons (Fsp3) is 0.200. The van der Waals surface area contributed by atoms with Crippen molar-refractivity contribution in [3.05, 3.63) is 34.7 Å². The van der Waals surface area contributed by atoms with Crippen molar-refractivity contribution >= 4 is 39.6 Å². The predicted molar refractivity (Wildman–Crippen MR) is 100 cm³/mol. The number of esters is 3. The first-order chi connectivity index (χ1) is 13.7. The van der Waals surface area contributed by atoms with E-state index in [9.17, 15) is 19.2 Å². The molecule has 0 spiro atoms. The van der Waals surface area contributed by atoms with Crippen molar-refractivity contribution in [1.29, 1.82) is 0 Å². The van der Waals surface area contributed by atoms with Crippen LogP contribution in [0.1, 0.15) is 20.8 Å². The lowest BCUT2D eigenvalue weighted by atomic mass is 10.1. The fourth-order valence-electron chi connectivity index (χ4n) is 2.85. The Labute approximate surface area is 163 Å². The van der Waals surface area contributed by atoms with Crippen molar-refractivity contribution in [3.8, 4) is 23.0 Å². The number of benzene rings is 2. The molecule has 0 atom stereocenters. The highest BCUT2D eigenvalue weighted by Crippen LogP contribution is 2.38. The number of carbonyl (C=O) groups is 3. The van der Waals surface area contributed by atoms with Crippen molar-refractivity contribution in [2.75, 3.05) is 7.11 Å². The Hall–Kier alpha value is -3.88. The molecule has 0 unspecified atom stereocenters. The second-order valence-electron chi connectivity index (χ2n) is 6.01. The molecule has 0 aliphatic heterocycles. The fourth-order valence-corrected chi connectivity index (χ4v) is 2.85. The van der Waals surface area contributed by atoms with Gasteiger partial charge in [-0.05, 0) is 12.1 Å². The SMILES string of the molecule is COc1cc2c(cc1OC(C)=O)oc(=O)c1c(OC(C)=O)cc(OC(C)=O)cc12. The highest BCUT2D eigenvalue weighted by atomic mass is 16.6. The average molecular weight is 400 g/mol. The summed E-state index contributed by atoms with van der Waals surface area (Å²) in [5.41, 5.74) is -0.703. The largest absolute Gasteiger partial charge is 0.493 e. The number of carbonyl (C=O) groups excluding carboxylic acids is 3. The molecule has 0 amide bonds. The maximum absolute atomic E-state index is 12.6. The van der Waals surface area contributed by atoms with Crippen LogP contribution in [0, 0.1) is 0 Å². The highest BCUT2D eigenvalue weighted by molar-refractivity contribution is 6.08. The first-order valence-corrected chi connectivity index (χ1v) is 8.37. The standard InChI is InChI=1S/C20H16O9/c1-9(21)26-12-5-14-13-7-16(25-4)17(27-10(2)22)8-15(13)29-20(24)19(14)18(6-12)28-11(3)23/h5-8H,1-4H3. The molecule has 1 heterocycles. The van der Waals surface area contributed by atoms with E-state index in [-0.39, 0.29) is 34.0 Å². The van der Waals surface area contributed by atoms with Gasteiger partial charge in [0.15, 0.2) is 11.5 Å². The third kappa shape index (κ3) is 4.03. The number of rotatable bonds is 4. The molecule has 0 saturated heterocycles. The van der Waals surface area contributed by atoms with E-state index in [1.165, 1.54) is 52.1 Å². The summed E-state index contributed by atoms with van der Waals surface area (Å²) < 4.78 is 25.9. The second-order valence-corrected chi connectivity index (χ2v) is 6.01. The van der Waals surface area contributed by atoms with Crippen LogP contribution in [0.25, 0.3) is 21.7 Å². The Morgan fingerprint density at radius 3 is 1.97 bits per heavy atom. The monoisotopic (exact) mass is 400 g/mol. The summed E-state index contributed by atoms with van der Waals surface area (Å²) in [4.78, 5) is 46.8. The molecule has 1 aromatic heterocycles. The molecule has 150 valence electrons. The van der Waals surface area contributed by atoms with E-state index in [4.69, 9.17) is 23.4 Å². The van der Waals surface area contributed by atoms with Crippen molar-refractivity contribution in [1.82, 2.24) is 0 Å². The topological polar surface area (TPSA) is 118 Å². The van der Waals surface area contributed by atoms with Crippen LogP contribution >= 0.6 is 0 Å². The summed E-state index contributed by atoms with van der Waals surface area (Å²) in [5.74, 6) is -1.64. The number of methoxy groups -OCH3 is 1. The van der Waals surface area contributed by atoms with Crippen LogP contribution in [0.3, 0.4) is 0 Å². The molecule has 3 aromatic rings. The molecule has 3 rings (SSSR count). The van der Waals surface area contributed by atoms with E-state index in [2.05, 4.69) is 0 Å². The van der Waals surface area contributed by atoms with Gasteiger partial charge in [-0.25, -0.2) is 4.79 Å². The normalized spacial score (nSPS) is 10.6. The lowest BCUT2D eigenvalue weighted by Gasteiger charge is -2.13. The van der Waals surface area contributed by atoms with Gasteiger partial charge in [0, 0.05) is 43.7 Å². The Morgan fingerprint density at radius 2 is 1.38 bits per heavy atom. The first-order valence-electron chi connectivity index (χ1n) is 8.37. The molecule has 0 N–H and O–H groups in total. The van der Waals surface area contributed by atoms with Gasteiger partial charge in [0.25, 0.3) is 0 Å². The average Bonchev–Trinajstić information content (AvgIpc) is 2.59. The van der Waals surface area contributed by atoms with E-state index >= 15 is 0 Å². The minimum absolute atomic E-state index is 0.0223. The molecule has 29 heavy (non-hydrogen) atoms. The number of fused-ring (bicyclic) bond motifs is 3. The molecule has 2 aromatic carbocycles. The number of hydrogen-bond donors (Lipinski definition) is 0. The lowest BCUT2D eigenvalue weighted by Crippen LogP contribution is -2.09. The summed E-state index contributed by atoms with van der Waals surface area (Å²) in [6.07, 6.45) is 0. The van der Waals surface area contributed by atoms with Gasteiger partial charge in [0.05, 0.1) is 7.11 Å². The highest BCUT2D eigenvalue weighted by Gasteiger charge is 2.19. The Balaban J connectivity index is 2.42. The number of ether oxygens (including phenoxy) is 4. The zero-order chi connectivity index (χ0) is 21.3. The van der Waals surface area contributed by atoms with E-state index in [1.807, 2.05) is 0 Å². The molecule has 9 heteroatoms. The van der Waals surface area contributed by atoms with Gasteiger partial charge in [-0.3, -0.25) is 14.4 Å². The lowest BCUT2D eigenvalue weighted by molar-refractivity contribution is -0.133. The molecule has 0 fully saturated rings. The quantitative estimate of drug-likeness (QED) is 0.282. The van der Waals surface area contributed by atoms with Crippen LogP contribution < -0.4 is 24.6 Å². The zero-order valence-electron chi connectivity index (χ0n) is 16.0. The predicted octanol–water partition coefficient (Wildman–Crippen LogP) is 2.73. The van der Waals surface area contributed by atoms with E-state index < -0.39 is 23.5 Å². The Morgan fingerprint density at radius 1 is 0.759 bits per heavy atom. The van der Waals surface area contributed by atoms with Gasteiger partial charge < -0.3 is 23.4 Å². The Bertz CT molecular complexity index is 1220. The van der Waals surface area contributed by atoms with Gasteiger partial charge in [-0.1, -0.05) is 0 Å². The third-order valence-corrected chi connectivity index (χ3v) is 3.81. The smallest absolute Gasteiger partial charge is 0.348 e. The summed E-state index contributed by atoms with van der Waals surface area (Å²) in [5, 5.41) is 0.652. The second kappa shape index (κ2) is 7.63. The van der Waals surface area contributed by atoms with Crippen LogP contribution in [0.5, 0.6) is 23.0 Å². The van der Waals surface area contributed by atoms with Crippen molar-refractivity contribution in [2.45, 2.75) is 20.8 Å². The van der Waals surface area contributed by atoms with Gasteiger partial charge in [-0.2, -0.15) is 0 Å². The van der Waals surface area contributed by atoms with Crippen LogP contribution in [-0.4, -0.2) is 25.0 Å². The summed E-state index contributed by atoms with van der Waals surface area (Å²) in [7, 11) is 1.38. The maximum atomic E-state index is 12.6. The van der Waals surface area contributed by atoms with Crippen molar-refractivity contribution in [2.24, 2.45) is 0 Å². The molecule has 0 radical (unpaired) electrons. The summed E-state index contributed by atoms with van der Waals surface area (Å²) in [6, 6.07) is 5.51. The van der Waals surface area contributed by atoms with Gasteiger partial charge >= 0.3 is 23.5 Å².